The summed E-state index contributed by atoms with van der Waals surface area (Å²) in [5, 5.41) is 8.87. The van der Waals surface area contributed by atoms with Crippen molar-refractivity contribution in [1.82, 2.24) is 9.78 Å². The van der Waals surface area contributed by atoms with Gasteiger partial charge in [-0.15, -0.1) is 11.3 Å². The van der Waals surface area contributed by atoms with Crippen molar-refractivity contribution in [2.24, 2.45) is 0 Å². The minimum absolute atomic E-state index is 0.161. The van der Waals surface area contributed by atoms with Gasteiger partial charge >= 0.3 is 0 Å². The molecule has 4 aromatic rings. The van der Waals surface area contributed by atoms with Gasteiger partial charge < -0.3 is 5.32 Å². The van der Waals surface area contributed by atoms with Crippen LogP contribution in [0.25, 0.3) is 0 Å². The van der Waals surface area contributed by atoms with E-state index in [0.29, 0.717) is 18.1 Å². The second kappa shape index (κ2) is 9.15. The Labute approximate surface area is 184 Å². The smallest absolute Gasteiger partial charge is 0.271 e. The van der Waals surface area contributed by atoms with E-state index in [0.717, 1.165) is 22.5 Å². The molecule has 0 spiro atoms. The molecule has 0 aliphatic carbocycles. The molecule has 0 aliphatic heterocycles. The fraction of sp³-hybridized carbons (Fsp3) is 0.0909. The van der Waals surface area contributed by atoms with E-state index in [4.69, 9.17) is 0 Å². The van der Waals surface area contributed by atoms with E-state index in [2.05, 4.69) is 15.1 Å². The Balaban J connectivity index is 1.36. The predicted molar refractivity (Wildman–Crippen MR) is 122 cm³/mol. The Morgan fingerprint density at radius 2 is 1.71 bits per heavy atom. The minimum atomic E-state index is -3.59. The number of nitrogens with one attached hydrogen (secondary N) is 2. The van der Waals surface area contributed by atoms with Crippen LogP contribution in [0.4, 0.5) is 11.5 Å². The topological polar surface area (TPSA) is 93.1 Å². The van der Waals surface area contributed by atoms with Crippen LogP contribution in [0, 0.1) is 0 Å². The van der Waals surface area contributed by atoms with Gasteiger partial charge in [-0.05, 0) is 34.7 Å². The molecule has 2 aromatic carbocycles. The number of aromatic nitrogens is 2. The second-order valence-electron chi connectivity index (χ2n) is 6.82. The normalized spacial score (nSPS) is 11.2. The molecular weight excluding hydrogens is 432 g/mol. The van der Waals surface area contributed by atoms with E-state index in [1.165, 1.54) is 0 Å². The molecule has 0 radical (unpaired) electrons. The molecular formula is C22H20N4O3S2. The largest absolute Gasteiger partial charge is 0.311 e. The average molecular weight is 453 g/mol. The number of hydrogen-bond donors (Lipinski definition) is 2. The van der Waals surface area contributed by atoms with E-state index < -0.39 is 10.0 Å². The maximum atomic E-state index is 12.5. The third kappa shape index (κ3) is 5.39. The van der Waals surface area contributed by atoms with Crippen molar-refractivity contribution in [1.29, 1.82) is 0 Å². The zero-order valence-electron chi connectivity index (χ0n) is 16.4. The molecule has 0 saturated heterocycles. The lowest BCUT2D eigenvalue weighted by atomic mass is 10.1. The summed E-state index contributed by atoms with van der Waals surface area (Å²) in [6.07, 6.45) is 1.81. The molecule has 31 heavy (non-hydrogen) atoms. The summed E-state index contributed by atoms with van der Waals surface area (Å²) in [5.74, 6) is 0.441. The number of thiophene rings is 1. The summed E-state index contributed by atoms with van der Waals surface area (Å²) in [6.45, 7) is 0.558. The van der Waals surface area contributed by atoms with Crippen LogP contribution in [0.1, 0.15) is 11.1 Å². The van der Waals surface area contributed by atoms with Gasteiger partial charge in [0.05, 0.1) is 19.2 Å². The first-order valence-electron chi connectivity index (χ1n) is 9.50. The van der Waals surface area contributed by atoms with Gasteiger partial charge in [-0.2, -0.15) is 5.10 Å². The number of sulfonamides is 1. The van der Waals surface area contributed by atoms with E-state index in [1.54, 1.807) is 58.7 Å². The molecule has 158 valence electrons. The van der Waals surface area contributed by atoms with Crippen LogP contribution in [0.3, 0.4) is 0 Å². The van der Waals surface area contributed by atoms with E-state index in [-0.39, 0.29) is 16.5 Å². The van der Waals surface area contributed by atoms with Gasteiger partial charge in [0.1, 0.15) is 10.0 Å². The summed E-state index contributed by atoms with van der Waals surface area (Å²) in [7, 11) is -3.59. The van der Waals surface area contributed by atoms with Gasteiger partial charge in [-0.25, -0.2) is 13.1 Å². The van der Waals surface area contributed by atoms with Crippen LogP contribution in [0.5, 0.6) is 0 Å². The molecule has 2 aromatic heterocycles. The fourth-order valence-corrected chi connectivity index (χ4v) is 5.06. The van der Waals surface area contributed by atoms with Crippen LogP contribution in [-0.2, 0) is 27.8 Å². The Morgan fingerprint density at radius 3 is 2.42 bits per heavy atom. The standard InChI is InChI=1S/C22H20N4O3S2/c27-21(24-20-12-13-23-26(20)16-18-5-2-1-3-6-18)15-17-8-10-19(11-9-17)25-31(28,29)22-7-4-14-30-22/h1-14,25H,15-16H2,(H,24,27). The number of rotatable bonds is 8. The molecule has 9 heteroatoms. The lowest BCUT2D eigenvalue weighted by molar-refractivity contribution is -0.115. The van der Waals surface area contributed by atoms with Gasteiger partial charge in [0.15, 0.2) is 0 Å². The van der Waals surface area contributed by atoms with Crippen molar-refractivity contribution in [3.05, 3.63) is 95.5 Å². The molecule has 2 N–H and O–H groups in total. The lowest BCUT2D eigenvalue weighted by Crippen LogP contribution is -2.18. The van der Waals surface area contributed by atoms with Crippen molar-refractivity contribution in [3.8, 4) is 0 Å². The molecule has 0 bridgehead atoms. The first-order chi connectivity index (χ1) is 15.0. The summed E-state index contributed by atoms with van der Waals surface area (Å²) < 4.78 is 29.1. The highest BCUT2D eigenvalue weighted by molar-refractivity contribution is 7.94. The third-order valence-corrected chi connectivity index (χ3v) is 7.27. The predicted octanol–water partition coefficient (Wildman–Crippen LogP) is 3.97. The number of carbonyl (C=O) groups is 1. The van der Waals surface area contributed by atoms with Crippen LogP contribution in [0.15, 0.2) is 88.6 Å². The molecule has 0 aliphatic rings. The highest BCUT2D eigenvalue weighted by Gasteiger charge is 2.15. The first-order valence-corrected chi connectivity index (χ1v) is 11.9. The Kier molecular flexibility index (Phi) is 6.15. The summed E-state index contributed by atoms with van der Waals surface area (Å²) in [4.78, 5) is 12.5. The highest BCUT2D eigenvalue weighted by atomic mass is 32.2. The maximum Gasteiger partial charge on any atom is 0.271 e. The number of hydrogen-bond acceptors (Lipinski definition) is 5. The van der Waals surface area contributed by atoms with Crippen LogP contribution >= 0.6 is 11.3 Å². The van der Waals surface area contributed by atoms with Crippen molar-refractivity contribution in [2.45, 2.75) is 17.2 Å². The quantitative estimate of drug-likeness (QED) is 0.423. The van der Waals surface area contributed by atoms with Crippen LogP contribution in [0.2, 0.25) is 0 Å². The second-order valence-corrected chi connectivity index (χ2v) is 9.68. The van der Waals surface area contributed by atoms with Crippen molar-refractivity contribution in [2.75, 3.05) is 10.0 Å². The van der Waals surface area contributed by atoms with E-state index >= 15 is 0 Å². The van der Waals surface area contributed by atoms with Crippen molar-refractivity contribution >= 4 is 38.8 Å². The number of anilines is 2. The van der Waals surface area contributed by atoms with Crippen molar-refractivity contribution in [3.63, 3.8) is 0 Å². The minimum Gasteiger partial charge on any atom is -0.311 e. The Bertz CT molecular complexity index is 1250. The summed E-state index contributed by atoms with van der Waals surface area (Å²) in [6, 6.07) is 21.6. The van der Waals surface area contributed by atoms with Gasteiger partial charge in [-0.1, -0.05) is 48.5 Å². The van der Waals surface area contributed by atoms with E-state index in [9.17, 15) is 13.2 Å². The lowest BCUT2D eigenvalue weighted by Gasteiger charge is -2.10. The number of nitrogens with zero attached hydrogens (tertiary/aromatic N) is 2. The van der Waals surface area contributed by atoms with Crippen LogP contribution in [-0.4, -0.2) is 24.1 Å². The zero-order valence-corrected chi connectivity index (χ0v) is 18.1. The van der Waals surface area contributed by atoms with Crippen molar-refractivity contribution < 1.29 is 13.2 Å². The van der Waals surface area contributed by atoms with E-state index in [1.807, 2.05) is 30.3 Å². The molecule has 7 nitrogen and oxygen atoms in total. The monoisotopic (exact) mass is 452 g/mol. The first kappa shape index (κ1) is 20.8. The molecule has 2 heterocycles. The fourth-order valence-electron chi connectivity index (χ4n) is 3.01. The van der Waals surface area contributed by atoms with Gasteiger partial charge in [-0.3, -0.25) is 9.52 Å². The molecule has 0 atom stereocenters. The average Bonchev–Trinajstić information content (AvgIpc) is 3.43. The highest BCUT2D eigenvalue weighted by Crippen LogP contribution is 2.20. The van der Waals surface area contributed by atoms with Gasteiger partial charge in [0.25, 0.3) is 10.0 Å². The molecule has 1 amide bonds. The summed E-state index contributed by atoms with van der Waals surface area (Å²) in [5.41, 5.74) is 2.30. The Morgan fingerprint density at radius 1 is 0.935 bits per heavy atom. The Hall–Kier alpha value is -3.43. The van der Waals surface area contributed by atoms with Gasteiger partial charge in [0, 0.05) is 11.8 Å². The van der Waals surface area contributed by atoms with Crippen LogP contribution < -0.4 is 10.0 Å². The number of amides is 1. The third-order valence-electron chi connectivity index (χ3n) is 4.49. The molecule has 0 unspecified atom stereocenters. The molecule has 0 fully saturated rings. The maximum absolute atomic E-state index is 12.5. The SMILES string of the molecule is O=C(Cc1ccc(NS(=O)(=O)c2cccs2)cc1)Nc1ccnn1Cc1ccccc1. The summed E-state index contributed by atoms with van der Waals surface area (Å²) >= 11 is 1.15. The molecule has 0 saturated carbocycles. The zero-order chi connectivity index (χ0) is 21.7. The number of carbonyl (C=O) groups excluding carboxylic acids is 1. The van der Waals surface area contributed by atoms with Gasteiger partial charge in [0.2, 0.25) is 5.91 Å². The number of benzene rings is 2. The molecule has 4 rings (SSSR count).